The zero-order chi connectivity index (χ0) is 21.0. The average molecular weight is 417 g/mol. The van der Waals surface area contributed by atoms with Crippen LogP contribution in [0.1, 0.15) is 0 Å². The van der Waals surface area contributed by atoms with Gasteiger partial charge in [0.05, 0.1) is 0 Å². The van der Waals surface area contributed by atoms with Crippen LogP contribution in [-0.2, 0) is 0 Å². The predicted octanol–water partition coefficient (Wildman–Crippen LogP) is 9.01. The maximum atomic E-state index is 6.45. The Morgan fingerprint density at radius 1 is 0.290 bits per heavy atom. The minimum Gasteiger partial charge on any atom is -0.0843 e. The van der Waals surface area contributed by atoms with Crippen LogP contribution in [0.25, 0.3) is 44.5 Å². The van der Waals surface area contributed by atoms with Gasteiger partial charge in [0.2, 0.25) is 0 Å². The number of hydrogen-bond acceptors (Lipinski definition) is 0. The van der Waals surface area contributed by atoms with Gasteiger partial charge in [0.1, 0.15) is 0 Å². The van der Waals surface area contributed by atoms with Crippen molar-refractivity contribution in [2.24, 2.45) is 0 Å². The molecule has 5 aromatic carbocycles. The molecule has 0 unspecified atom stereocenters. The van der Waals surface area contributed by atoms with E-state index in [-0.39, 0.29) is 0 Å². The van der Waals surface area contributed by atoms with Crippen molar-refractivity contribution in [3.63, 3.8) is 0 Å². The van der Waals surface area contributed by atoms with Gasteiger partial charge in [0.15, 0.2) is 0 Å². The molecule has 31 heavy (non-hydrogen) atoms. The highest BCUT2D eigenvalue weighted by molar-refractivity contribution is 6.31. The summed E-state index contributed by atoms with van der Waals surface area (Å²) in [6, 6.07) is 44.5. The average Bonchev–Trinajstić information content (AvgIpc) is 2.85. The van der Waals surface area contributed by atoms with E-state index in [1.54, 1.807) is 0 Å². The highest BCUT2D eigenvalue weighted by Crippen LogP contribution is 2.32. The van der Waals surface area contributed by atoms with Gasteiger partial charge >= 0.3 is 0 Å². The van der Waals surface area contributed by atoms with Gasteiger partial charge in [-0.05, 0) is 68.8 Å². The lowest BCUT2D eigenvalue weighted by atomic mass is 9.96. The summed E-state index contributed by atoms with van der Waals surface area (Å²) in [7, 11) is 0. The maximum Gasteiger partial charge on any atom is 0.0418 e. The SMILES string of the molecule is Clc1cc(-c2ccccc2)cc(-c2ccc(-c3cccc(-c4ccccc4)c3)cc2)c1. The van der Waals surface area contributed by atoms with Crippen molar-refractivity contribution in [1.82, 2.24) is 0 Å². The Balaban J connectivity index is 1.47. The number of hydrogen-bond donors (Lipinski definition) is 0. The molecule has 0 amide bonds. The molecule has 0 nitrogen and oxygen atoms in total. The Bertz CT molecular complexity index is 1300. The normalized spacial score (nSPS) is 10.7. The van der Waals surface area contributed by atoms with Gasteiger partial charge in [-0.3, -0.25) is 0 Å². The summed E-state index contributed by atoms with van der Waals surface area (Å²) in [5, 5.41) is 0.746. The highest BCUT2D eigenvalue weighted by Gasteiger charge is 2.06. The molecule has 0 bridgehead atoms. The fourth-order valence-corrected chi connectivity index (χ4v) is 4.15. The summed E-state index contributed by atoms with van der Waals surface area (Å²) in [6.45, 7) is 0. The standard InChI is InChI=1S/C30H21Cl/c31-30-20-28(23-10-5-2-6-11-23)19-29(21-30)25-16-14-24(15-17-25)27-13-7-12-26(18-27)22-8-3-1-4-9-22/h1-21H. The first kappa shape index (κ1) is 19.4. The molecule has 0 saturated heterocycles. The summed E-state index contributed by atoms with van der Waals surface area (Å²) >= 11 is 6.45. The third-order valence-corrected chi connectivity index (χ3v) is 5.74. The van der Waals surface area contributed by atoms with E-state index >= 15 is 0 Å². The van der Waals surface area contributed by atoms with E-state index in [1.807, 2.05) is 36.4 Å². The zero-order valence-corrected chi connectivity index (χ0v) is 17.8. The molecule has 0 aliphatic rings. The van der Waals surface area contributed by atoms with Crippen LogP contribution in [0.15, 0.2) is 127 Å². The van der Waals surface area contributed by atoms with Crippen LogP contribution in [-0.4, -0.2) is 0 Å². The summed E-state index contributed by atoms with van der Waals surface area (Å²) in [5.41, 5.74) is 9.44. The zero-order valence-electron chi connectivity index (χ0n) is 17.0. The molecule has 0 spiro atoms. The number of benzene rings is 5. The second kappa shape index (κ2) is 8.63. The van der Waals surface area contributed by atoms with Crippen molar-refractivity contribution >= 4 is 11.6 Å². The van der Waals surface area contributed by atoms with Crippen molar-refractivity contribution in [3.05, 3.63) is 132 Å². The second-order valence-corrected chi connectivity index (χ2v) is 8.06. The third kappa shape index (κ3) is 4.30. The van der Waals surface area contributed by atoms with E-state index in [0.717, 1.165) is 21.7 Å². The molecule has 0 aromatic heterocycles. The van der Waals surface area contributed by atoms with E-state index in [2.05, 4.69) is 91.0 Å². The van der Waals surface area contributed by atoms with Crippen molar-refractivity contribution in [1.29, 1.82) is 0 Å². The van der Waals surface area contributed by atoms with E-state index < -0.39 is 0 Å². The first-order valence-corrected chi connectivity index (χ1v) is 10.8. The Morgan fingerprint density at radius 2 is 0.645 bits per heavy atom. The Hall–Kier alpha value is -3.61. The van der Waals surface area contributed by atoms with Gasteiger partial charge in [-0.15, -0.1) is 0 Å². The predicted molar refractivity (Wildman–Crippen MR) is 133 cm³/mol. The smallest absolute Gasteiger partial charge is 0.0418 e. The molecule has 0 N–H and O–H groups in total. The van der Waals surface area contributed by atoms with E-state index in [0.29, 0.717) is 0 Å². The number of halogens is 1. The fourth-order valence-electron chi connectivity index (χ4n) is 3.92. The lowest BCUT2D eigenvalue weighted by Crippen LogP contribution is -1.84. The minimum atomic E-state index is 0.746. The van der Waals surface area contributed by atoms with Gasteiger partial charge in [-0.2, -0.15) is 0 Å². The Morgan fingerprint density at radius 3 is 1.16 bits per heavy atom. The van der Waals surface area contributed by atoms with E-state index in [4.69, 9.17) is 11.6 Å². The summed E-state index contributed by atoms with van der Waals surface area (Å²) in [5.74, 6) is 0. The largest absolute Gasteiger partial charge is 0.0843 e. The molecule has 0 fully saturated rings. The van der Waals surface area contributed by atoms with Gasteiger partial charge in [-0.1, -0.05) is 115 Å². The minimum absolute atomic E-state index is 0.746. The molecule has 5 aromatic rings. The van der Waals surface area contributed by atoms with Crippen LogP contribution >= 0.6 is 11.6 Å². The lowest BCUT2D eigenvalue weighted by Gasteiger charge is -2.10. The van der Waals surface area contributed by atoms with Crippen molar-refractivity contribution in [2.75, 3.05) is 0 Å². The van der Waals surface area contributed by atoms with Gasteiger partial charge in [0.25, 0.3) is 0 Å². The van der Waals surface area contributed by atoms with Crippen LogP contribution in [0.4, 0.5) is 0 Å². The molecule has 148 valence electrons. The molecular formula is C30H21Cl. The molecule has 0 radical (unpaired) electrons. The second-order valence-electron chi connectivity index (χ2n) is 7.62. The van der Waals surface area contributed by atoms with Crippen LogP contribution in [0.2, 0.25) is 5.02 Å². The molecule has 0 aliphatic carbocycles. The van der Waals surface area contributed by atoms with E-state index in [1.165, 1.54) is 27.8 Å². The summed E-state index contributed by atoms with van der Waals surface area (Å²) in [6.07, 6.45) is 0. The Kier molecular flexibility index (Phi) is 5.39. The number of rotatable bonds is 4. The topological polar surface area (TPSA) is 0 Å². The summed E-state index contributed by atoms with van der Waals surface area (Å²) in [4.78, 5) is 0. The third-order valence-electron chi connectivity index (χ3n) is 5.53. The molecule has 5 rings (SSSR count). The Labute approximate surface area is 188 Å². The van der Waals surface area contributed by atoms with Crippen LogP contribution in [0.5, 0.6) is 0 Å². The van der Waals surface area contributed by atoms with E-state index in [9.17, 15) is 0 Å². The van der Waals surface area contributed by atoms with Crippen molar-refractivity contribution in [3.8, 4) is 44.5 Å². The molecule has 0 atom stereocenters. The first-order chi connectivity index (χ1) is 15.3. The first-order valence-electron chi connectivity index (χ1n) is 10.4. The maximum absolute atomic E-state index is 6.45. The summed E-state index contributed by atoms with van der Waals surface area (Å²) < 4.78 is 0. The fraction of sp³-hybridized carbons (Fsp3) is 0. The molecular weight excluding hydrogens is 396 g/mol. The lowest BCUT2D eigenvalue weighted by molar-refractivity contribution is 1.56. The molecule has 0 saturated carbocycles. The molecule has 1 heteroatoms. The molecule has 0 aliphatic heterocycles. The van der Waals surface area contributed by atoms with Crippen LogP contribution < -0.4 is 0 Å². The van der Waals surface area contributed by atoms with Crippen molar-refractivity contribution < 1.29 is 0 Å². The molecule has 0 heterocycles. The monoisotopic (exact) mass is 416 g/mol. The van der Waals surface area contributed by atoms with Gasteiger partial charge in [-0.25, -0.2) is 0 Å². The van der Waals surface area contributed by atoms with Crippen LogP contribution in [0.3, 0.4) is 0 Å². The highest BCUT2D eigenvalue weighted by atomic mass is 35.5. The van der Waals surface area contributed by atoms with Crippen LogP contribution in [0, 0.1) is 0 Å². The van der Waals surface area contributed by atoms with Gasteiger partial charge < -0.3 is 0 Å². The quantitative estimate of drug-likeness (QED) is 0.274. The van der Waals surface area contributed by atoms with Crippen molar-refractivity contribution in [2.45, 2.75) is 0 Å². The van der Waals surface area contributed by atoms with Gasteiger partial charge in [0, 0.05) is 5.02 Å².